The van der Waals surface area contributed by atoms with Crippen LogP contribution in [0.2, 0.25) is 0 Å². The Bertz CT molecular complexity index is 235. The highest BCUT2D eigenvalue weighted by Crippen LogP contribution is 2.26. The number of carbonyl (C=O) groups excluding carboxylic acids is 1. The van der Waals surface area contributed by atoms with Crippen LogP contribution in [0.5, 0.6) is 0 Å². The molecule has 0 saturated carbocycles. The molecule has 0 radical (unpaired) electrons. The van der Waals surface area contributed by atoms with Crippen LogP contribution in [-0.4, -0.2) is 25.3 Å². The third-order valence-electron chi connectivity index (χ3n) is 2.59. The number of ether oxygens (including phenoxy) is 2. The minimum Gasteiger partial charge on any atom is -0.465 e. The smallest absolute Gasteiger partial charge is 0.315 e. The largest absolute Gasteiger partial charge is 0.465 e. The maximum atomic E-state index is 11.6. The normalized spacial score (nSPS) is 30.2. The molecule has 15 heavy (non-hydrogen) atoms. The lowest BCUT2D eigenvalue weighted by Crippen LogP contribution is -2.34. The highest BCUT2D eigenvalue weighted by Gasteiger charge is 2.31. The molecule has 3 heteroatoms. The molecular weight excluding hydrogens is 192 g/mol. The van der Waals surface area contributed by atoms with Crippen LogP contribution < -0.4 is 0 Å². The molecule has 0 aromatic rings. The molecule has 0 saturated heterocycles. The van der Waals surface area contributed by atoms with Crippen LogP contribution >= 0.6 is 0 Å². The highest BCUT2D eigenvalue weighted by molar-refractivity contribution is 5.75. The molecule has 0 aliphatic heterocycles. The highest BCUT2D eigenvalue weighted by atomic mass is 16.5. The fraction of sp³-hybridized carbons (Fsp3) is 0.750. The summed E-state index contributed by atoms with van der Waals surface area (Å²) in [6.45, 7) is 6.97. The van der Waals surface area contributed by atoms with E-state index >= 15 is 0 Å². The number of carbonyl (C=O) groups is 1. The van der Waals surface area contributed by atoms with E-state index < -0.39 is 0 Å². The lowest BCUT2D eigenvalue weighted by molar-refractivity contribution is -0.151. The molecule has 0 N–H and O–H groups in total. The van der Waals surface area contributed by atoms with Gasteiger partial charge in [-0.3, -0.25) is 4.79 Å². The van der Waals surface area contributed by atoms with Gasteiger partial charge in [-0.05, 0) is 26.2 Å². The number of allylic oxidation sites excluding steroid dienone is 1. The summed E-state index contributed by atoms with van der Waals surface area (Å²) in [5.74, 6) is 0.0902. The van der Waals surface area contributed by atoms with Crippen LogP contribution in [0.3, 0.4) is 0 Å². The first-order chi connectivity index (χ1) is 7.19. The van der Waals surface area contributed by atoms with E-state index in [4.69, 9.17) is 9.47 Å². The molecule has 0 aromatic carbocycles. The number of hydrogen-bond acceptors (Lipinski definition) is 3. The van der Waals surface area contributed by atoms with E-state index in [-0.39, 0.29) is 18.0 Å². The lowest BCUT2D eigenvalue weighted by atomic mass is 9.87. The Morgan fingerprint density at radius 2 is 2.07 bits per heavy atom. The quantitative estimate of drug-likeness (QED) is 0.529. The molecule has 1 rings (SSSR count). The van der Waals surface area contributed by atoms with Crippen molar-refractivity contribution in [3.8, 4) is 0 Å². The molecule has 86 valence electrons. The van der Waals surface area contributed by atoms with E-state index in [0.717, 1.165) is 6.42 Å². The van der Waals surface area contributed by atoms with Gasteiger partial charge in [0.25, 0.3) is 0 Å². The van der Waals surface area contributed by atoms with E-state index in [1.165, 1.54) is 0 Å². The van der Waals surface area contributed by atoms with E-state index in [1.54, 1.807) is 0 Å². The van der Waals surface area contributed by atoms with Crippen molar-refractivity contribution in [2.24, 2.45) is 11.8 Å². The van der Waals surface area contributed by atoms with Crippen LogP contribution in [0.15, 0.2) is 12.2 Å². The average molecular weight is 212 g/mol. The third kappa shape index (κ3) is 3.34. The molecule has 0 fully saturated rings. The maximum Gasteiger partial charge on any atom is 0.315 e. The first-order valence-electron chi connectivity index (χ1n) is 5.65. The standard InChI is InChI=1S/C12H20O3/c1-4-14-11-8-9(3)6-7-10(11)12(13)15-5-2/h6-7,9-11H,4-5,8H2,1-3H3. The minimum atomic E-state index is -0.221. The molecule has 0 aromatic heterocycles. The van der Waals surface area contributed by atoms with E-state index in [0.29, 0.717) is 19.1 Å². The summed E-state index contributed by atoms with van der Waals surface area (Å²) in [4.78, 5) is 11.6. The molecule has 0 heterocycles. The van der Waals surface area contributed by atoms with Crippen molar-refractivity contribution in [1.82, 2.24) is 0 Å². The fourth-order valence-electron chi connectivity index (χ4n) is 1.88. The molecule has 3 unspecified atom stereocenters. The lowest BCUT2D eigenvalue weighted by Gasteiger charge is -2.28. The van der Waals surface area contributed by atoms with E-state index in [9.17, 15) is 4.79 Å². The number of esters is 1. The first-order valence-corrected chi connectivity index (χ1v) is 5.65. The second kappa shape index (κ2) is 5.91. The summed E-state index contributed by atoms with van der Waals surface area (Å²) in [5.41, 5.74) is 0. The van der Waals surface area contributed by atoms with Crippen LogP contribution in [0, 0.1) is 11.8 Å². The number of hydrogen-bond donors (Lipinski definition) is 0. The van der Waals surface area contributed by atoms with E-state index in [1.807, 2.05) is 19.9 Å². The van der Waals surface area contributed by atoms with Crippen molar-refractivity contribution in [3.05, 3.63) is 12.2 Å². The van der Waals surface area contributed by atoms with Crippen molar-refractivity contribution < 1.29 is 14.3 Å². The van der Waals surface area contributed by atoms with Gasteiger partial charge >= 0.3 is 5.97 Å². The Hall–Kier alpha value is -0.830. The van der Waals surface area contributed by atoms with Gasteiger partial charge in [0, 0.05) is 6.61 Å². The van der Waals surface area contributed by atoms with Gasteiger partial charge in [0.15, 0.2) is 0 Å². The first kappa shape index (κ1) is 12.2. The van der Waals surface area contributed by atoms with Crippen LogP contribution in [0.25, 0.3) is 0 Å². The topological polar surface area (TPSA) is 35.5 Å². The van der Waals surface area contributed by atoms with Crippen molar-refractivity contribution in [2.45, 2.75) is 33.3 Å². The van der Waals surface area contributed by atoms with Gasteiger partial charge in [0.1, 0.15) is 5.92 Å². The molecular formula is C12H20O3. The second-order valence-corrected chi connectivity index (χ2v) is 3.87. The molecule has 3 atom stereocenters. The summed E-state index contributed by atoms with van der Waals surface area (Å²) < 4.78 is 10.6. The summed E-state index contributed by atoms with van der Waals surface area (Å²) >= 11 is 0. The summed E-state index contributed by atoms with van der Waals surface area (Å²) in [6.07, 6.45) is 4.87. The van der Waals surface area contributed by atoms with E-state index in [2.05, 4.69) is 13.0 Å². The molecule has 1 aliphatic carbocycles. The van der Waals surface area contributed by atoms with Crippen LogP contribution in [-0.2, 0) is 14.3 Å². The Labute approximate surface area is 91.4 Å². The van der Waals surface area contributed by atoms with Gasteiger partial charge < -0.3 is 9.47 Å². The predicted octanol–water partition coefficient (Wildman–Crippen LogP) is 2.17. The van der Waals surface area contributed by atoms with Crippen LogP contribution in [0.4, 0.5) is 0 Å². The molecule has 0 amide bonds. The number of rotatable bonds is 4. The Balaban J connectivity index is 2.65. The minimum absolute atomic E-state index is 0.0194. The third-order valence-corrected chi connectivity index (χ3v) is 2.59. The monoisotopic (exact) mass is 212 g/mol. The predicted molar refractivity (Wildman–Crippen MR) is 58.5 cm³/mol. The zero-order valence-corrected chi connectivity index (χ0v) is 9.73. The van der Waals surface area contributed by atoms with Crippen LogP contribution in [0.1, 0.15) is 27.2 Å². The zero-order valence-electron chi connectivity index (χ0n) is 9.73. The molecule has 0 bridgehead atoms. The van der Waals surface area contributed by atoms with Crippen molar-refractivity contribution in [2.75, 3.05) is 13.2 Å². The summed E-state index contributed by atoms with van der Waals surface area (Å²) in [7, 11) is 0. The Morgan fingerprint density at radius 1 is 1.33 bits per heavy atom. The SMILES string of the molecule is CCOC(=O)C1C=CC(C)CC1OCC. The second-order valence-electron chi connectivity index (χ2n) is 3.87. The maximum absolute atomic E-state index is 11.6. The zero-order chi connectivity index (χ0) is 11.3. The van der Waals surface area contributed by atoms with Crippen molar-refractivity contribution in [3.63, 3.8) is 0 Å². The van der Waals surface area contributed by atoms with Gasteiger partial charge in [0.05, 0.1) is 12.7 Å². The molecule has 3 nitrogen and oxygen atoms in total. The summed E-state index contributed by atoms with van der Waals surface area (Å²) in [5, 5.41) is 0. The fourth-order valence-corrected chi connectivity index (χ4v) is 1.88. The van der Waals surface area contributed by atoms with Gasteiger partial charge in [-0.2, -0.15) is 0 Å². The van der Waals surface area contributed by atoms with Crippen molar-refractivity contribution in [1.29, 1.82) is 0 Å². The molecule has 1 aliphatic rings. The Kier molecular flexibility index (Phi) is 4.82. The summed E-state index contributed by atoms with van der Waals surface area (Å²) in [6, 6.07) is 0. The van der Waals surface area contributed by atoms with Gasteiger partial charge in [-0.25, -0.2) is 0 Å². The van der Waals surface area contributed by atoms with Gasteiger partial charge in [-0.1, -0.05) is 19.1 Å². The average Bonchev–Trinajstić information content (AvgIpc) is 2.18. The van der Waals surface area contributed by atoms with Crippen molar-refractivity contribution >= 4 is 5.97 Å². The Morgan fingerprint density at radius 3 is 2.67 bits per heavy atom. The van der Waals surface area contributed by atoms with Gasteiger partial charge in [-0.15, -0.1) is 0 Å². The van der Waals surface area contributed by atoms with Gasteiger partial charge in [0.2, 0.25) is 0 Å². The molecule has 0 spiro atoms.